The van der Waals surface area contributed by atoms with Gasteiger partial charge in [-0.05, 0) is 49.6 Å². The van der Waals surface area contributed by atoms with Crippen molar-refractivity contribution < 1.29 is 4.39 Å². The number of aromatic amines is 1. The molecule has 6 nitrogen and oxygen atoms in total. The van der Waals surface area contributed by atoms with Crippen LogP contribution in [0.4, 0.5) is 4.39 Å². The van der Waals surface area contributed by atoms with Gasteiger partial charge >= 0.3 is 0 Å². The molecule has 7 heteroatoms. The maximum Gasteiger partial charge on any atom is 0.197 e. The molecule has 0 bridgehead atoms. The van der Waals surface area contributed by atoms with Gasteiger partial charge in [-0.2, -0.15) is 5.10 Å². The molecule has 1 aliphatic carbocycles. The normalized spacial score (nSPS) is 25.5. The zero-order chi connectivity index (χ0) is 17.4. The third kappa shape index (κ3) is 3.28. The topological polar surface area (TPSA) is 91.1 Å². The molecule has 1 fully saturated rings. The minimum atomic E-state index is -0.920. The van der Waals surface area contributed by atoms with Crippen molar-refractivity contribution in [2.45, 2.75) is 37.4 Å². The summed E-state index contributed by atoms with van der Waals surface area (Å²) >= 11 is 0. The number of H-pyrrole nitrogens is 1. The first-order valence-corrected chi connectivity index (χ1v) is 8.44. The van der Waals surface area contributed by atoms with Gasteiger partial charge in [0.2, 0.25) is 0 Å². The Kier molecular flexibility index (Phi) is 3.80. The number of nitrogens with one attached hydrogen (secondary N) is 3. The number of aromatic nitrogens is 2. The zero-order valence-electron chi connectivity index (χ0n) is 14.0. The molecule has 0 amide bonds. The van der Waals surface area contributed by atoms with Gasteiger partial charge in [-0.25, -0.2) is 9.38 Å². The second-order valence-electron chi connectivity index (χ2n) is 6.66. The molecule has 1 aliphatic heterocycles. The summed E-state index contributed by atoms with van der Waals surface area (Å²) in [5.41, 5.74) is 8.35. The van der Waals surface area contributed by atoms with E-state index in [1.807, 2.05) is 19.1 Å². The maximum absolute atomic E-state index is 13.1. The highest BCUT2D eigenvalue weighted by Gasteiger charge is 2.33. The van der Waals surface area contributed by atoms with Crippen LogP contribution in [-0.4, -0.2) is 16.2 Å². The quantitative estimate of drug-likeness (QED) is 0.688. The summed E-state index contributed by atoms with van der Waals surface area (Å²) in [7, 11) is 0. The van der Waals surface area contributed by atoms with Crippen LogP contribution in [0.3, 0.4) is 0 Å². The Balaban J connectivity index is 1.53. The molecule has 2 aliphatic rings. The van der Waals surface area contributed by atoms with Crippen molar-refractivity contribution in [3.63, 3.8) is 0 Å². The van der Waals surface area contributed by atoms with Crippen LogP contribution in [0, 0.1) is 5.82 Å². The van der Waals surface area contributed by atoms with Gasteiger partial charge in [0.05, 0.1) is 6.04 Å². The van der Waals surface area contributed by atoms with E-state index in [-0.39, 0.29) is 11.9 Å². The first-order chi connectivity index (χ1) is 12.0. The van der Waals surface area contributed by atoms with Gasteiger partial charge < -0.3 is 16.4 Å². The molecule has 0 saturated heterocycles. The molecule has 1 saturated carbocycles. The fourth-order valence-corrected chi connectivity index (χ4v) is 2.91. The van der Waals surface area contributed by atoms with Crippen molar-refractivity contribution in [1.29, 1.82) is 0 Å². The van der Waals surface area contributed by atoms with Gasteiger partial charge in [-0.3, -0.25) is 5.10 Å². The van der Waals surface area contributed by atoms with Gasteiger partial charge in [-0.15, -0.1) is 0 Å². The predicted octanol–water partition coefficient (Wildman–Crippen LogP) is 2.36. The molecule has 4 rings (SSSR count). The van der Waals surface area contributed by atoms with Gasteiger partial charge in [-0.1, -0.05) is 12.1 Å². The van der Waals surface area contributed by atoms with E-state index < -0.39 is 5.66 Å². The van der Waals surface area contributed by atoms with Crippen molar-refractivity contribution >= 4 is 5.96 Å². The molecule has 25 heavy (non-hydrogen) atoms. The number of halogens is 1. The van der Waals surface area contributed by atoms with Crippen LogP contribution in [0.5, 0.6) is 0 Å². The SMILES string of the molecule is C[C@H](N=C1NC=CC(N)(c2cc(C3CC3)[nH]n2)N1)c1ccc(F)cc1. The minimum Gasteiger partial charge on any atom is -0.333 e. The molecule has 2 heterocycles. The molecule has 2 atom stereocenters. The van der Waals surface area contributed by atoms with Crippen LogP contribution in [0.15, 0.2) is 47.6 Å². The van der Waals surface area contributed by atoms with Crippen molar-refractivity contribution in [3.8, 4) is 0 Å². The Bertz CT molecular complexity index is 820. The molecule has 0 radical (unpaired) electrons. The van der Waals surface area contributed by atoms with Crippen LogP contribution in [0.1, 0.15) is 48.7 Å². The summed E-state index contributed by atoms with van der Waals surface area (Å²) in [6.45, 7) is 1.94. The summed E-state index contributed by atoms with van der Waals surface area (Å²) in [4.78, 5) is 4.61. The smallest absolute Gasteiger partial charge is 0.197 e. The van der Waals surface area contributed by atoms with Crippen molar-refractivity contribution in [2.75, 3.05) is 0 Å². The molecule has 1 aromatic heterocycles. The number of nitrogens with two attached hydrogens (primary N) is 1. The molecular formula is C18H21FN6. The van der Waals surface area contributed by atoms with E-state index in [2.05, 4.69) is 25.8 Å². The van der Waals surface area contributed by atoms with Crippen molar-refractivity contribution in [3.05, 3.63) is 65.4 Å². The highest BCUT2D eigenvalue weighted by Crippen LogP contribution is 2.39. The van der Waals surface area contributed by atoms with Gasteiger partial charge in [0.1, 0.15) is 11.5 Å². The lowest BCUT2D eigenvalue weighted by Crippen LogP contribution is -2.57. The van der Waals surface area contributed by atoms with Crippen LogP contribution in [0.2, 0.25) is 0 Å². The van der Waals surface area contributed by atoms with Crippen molar-refractivity contribution in [1.82, 2.24) is 20.8 Å². The summed E-state index contributed by atoms with van der Waals surface area (Å²) in [5, 5.41) is 13.7. The average Bonchev–Trinajstić information content (AvgIpc) is 3.32. The van der Waals surface area contributed by atoms with E-state index in [0.29, 0.717) is 11.9 Å². The number of benzene rings is 1. The molecule has 2 aromatic rings. The maximum atomic E-state index is 13.1. The third-order valence-electron chi connectivity index (χ3n) is 4.61. The molecule has 0 spiro atoms. The number of hydrogen-bond acceptors (Lipinski definition) is 3. The lowest BCUT2D eigenvalue weighted by molar-refractivity contribution is 0.482. The Hall–Kier alpha value is -2.67. The van der Waals surface area contributed by atoms with Crippen LogP contribution < -0.4 is 16.4 Å². The lowest BCUT2D eigenvalue weighted by Gasteiger charge is -2.31. The molecule has 5 N–H and O–H groups in total. The van der Waals surface area contributed by atoms with E-state index in [1.165, 1.54) is 25.0 Å². The van der Waals surface area contributed by atoms with E-state index in [1.54, 1.807) is 18.3 Å². The molecule has 1 unspecified atom stereocenters. The number of nitrogens with zero attached hydrogens (tertiary/aromatic N) is 2. The second-order valence-corrected chi connectivity index (χ2v) is 6.66. The van der Waals surface area contributed by atoms with E-state index >= 15 is 0 Å². The highest BCUT2D eigenvalue weighted by atomic mass is 19.1. The third-order valence-corrected chi connectivity index (χ3v) is 4.61. The second kappa shape index (κ2) is 6.00. The molecular weight excluding hydrogens is 319 g/mol. The minimum absolute atomic E-state index is 0.146. The monoisotopic (exact) mass is 340 g/mol. The average molecular weight is 340 g/mol. The van der Waals surface area contributed by atoms with E-state index in [0.717, 1.165) is 17.0 Å². The number of aliphatic imine (C=N–C) groups is 1. The molecule has 130 valence electrons. The Morgan fingerprint density at radius 2 is 2.08 bits per heavy atom. The Morgan fingerprint density at radius 1 is 1.32 bits per heavy atom. The first-order valence-electron chi connectivity index (χ1n) is 8.44. The zero-order valence-corrected chi connectivity index (χ0v) is 14.0. The number of guanidine groups is 1. The highest BCUT2D eigenvalue weighted by molar-refractivity contribution is 5.83. The fraction of sp³-hybridized carbons (Fsp3) is 0.333. The Morgan fingerprint density at radius 3 is 2.80 bits per heavy atom. The van der Waals surface area contributed by atoms with Crippen molar-refractivity contribution in [2.24, 2.45) is 10.7 Å². The van der Waals surface area contributed by atoms with E-state index in [9.17, 15) is 4.39 Å². The lowest BCUT2D eigenvalue weighted by atomic mass is 10.1. The van der Waals surface area contributed by atoms with Crippen LogP contribution >= 0.6 is 0 Å². The summed E-state index contributed by atoms with van der Waals surface area (Å²) in [6.07, 6.45) is 5.98. The molecule has 1 aromatic carbocycles. The van der Waals surface area contributed by atoms with E-state index in [4.69, 9.17) is 5.73 Å². The van der Waals surface area contributed by atoms with Gasteiger partial charge in [0, 0.05) is 17.8 Å². The Labute approximate surface area is 145 Å². The summed E-state index contributed by atoms with van der Waals surface area (Å²) < 4.78 is 13.1. The first kappa shape index (κ1) is 15.8. The van der Waals surface area contributed by atoms with Crippen LogP contribution in [0.25, 0.3) is 0 Å². The standard InChI is InChI=1S/C18H21FN6/c1-11(12-4-6-14(19)7-5-12)22-17-21-9-8-18(20,23-17)16-10-15(24-25-16)13-2-3-13/h4-11,13H,2-3,20H2,1H3,(H,24,25)(H2,21,22,23)/t11-,18?/m0/s1. The van der Waals surface area contributed by atoms with Gasteiger partial charge in [0.25, 0.3) is 0 Å². The number of rotatable bonds is 4. The van der Waals surface area contributed by atoms with Gasteiger partial charge in [0.15, 0.2) is 11.6 Å². The predicted molar refractivity (Wildman–Crippen MR) is 94.1 cm³/mol. The fourth-order valence-electron chi connectivity index (χ4n) is 2.91. The largest absolute Gasteiger partial charge is 0.333 e. The van der Waals surface area contributed by atoms with Crippen LogP contribution in [-0.2, 0) is 5.66 Å². The number of hydrogen-bond donors (Lipinski definition) is 4. The summed E-state index contributed by atoms with van der Waals surface area (Å²) in [5.74, 6) is 0.881. The summed E-state index contributed by atoms with van der Waals surface area (Å²) in [6, 6.07) is 8.20.